The van der Waals surface area contributed by atoms with Gasteiger partial charge in [0.1, 0.15) is 6.54 Å². The van der Waals surface area contributed by atoms with E-state index < -0.39 is 5.97 Å². The Morgan fingerprint density at radius 2 is 1.92 bits per heavy atom. The molecule has 0 bridgehead atoms. The van der Waals surface area contributed by atoms with E-state index in [2.05, 4.69) is 0 Å². The van der Waals surface area contributed by atoms with Crippen LogP contribution in [-0.4, -0.2) is 54.2 Å². The summed E-state index contributed by atoms with van der Waals surface area (Å²) in [6.07, 6.45) is 0. The van der Waals surface area contributed by atoms with Crippen molar-refractivity contribution < 1.29 is 9.90 Å². The first kappa shape index (κ1) is 12.5. The predicted molar refractivity (Wildman–Crippen MR) is 54.5 cm³/mol. The van der Waals surface area contributed by atoms with Gasteiger partial charge in [0.25, 0.3) is 0 Å². The predicted octanol–water partition coefficient (Wildman–Crippen LogP) is 0.559. The molecule has 0 unspecified atom stereocenters. The van der Waals surface area contributed by atoms with E-state index in [1.165, 1.54) is 0 Å². The molecule has 3 nitrogen and oxygen atoms in total. The van der Waals surface area contributed by atoms with Crippen molar-refractivity contribution >= 4 is 41.2 Å². The monoisotopic (exact) mass is 189 g/mol. The first-order chi connectivity index (χ1) is 5.70. The average molecular weight is 189 g/mol. The van der Waals surface area contributed by atoms with Gasteiger partial charge in [-0.15, -0.1) is 0 Å². The minimum atomic E-state index is -0.818. The van der Waals surface area contributed by atoms with Crippen molar-refractivity contribution in [2.45, 2.75) is 0 Å². The zero-order chi connectivity index (χ0) is 8.97. The molecule has 0 radical (unpaired) electrons. The number of anilines is 1. The Kier molecular flexibility index (Phi) is 5.79. The molecule has 13 heavy (non-hydrogen) atoms. The van der Waals surface area contributed by atoms with Crippen LogP contribution in [0.15, 0.2) is 30.3 Å². The number of hydrogen-bond donors (Lipinski definition) is 1. The Morgan fingerprint density at radius 1 is 1.38 bits per heavy atom. The van der Waals surface area contributed by atoms with Crippen molar-refractivity contribution in [1.29, 1.82) is 0 Å². The Balaban J connectivity index is 0.00000144. The molecule has 1 rings (SSSR count). The van der Waals surface area contributed by atoms with Crippen LogP contribution < -0.4 is 4.90 Å². The summed E-state index contributed by atoms with van der Waals surface area (Å²) >= 11 is 0. The van der Waals surface area contributed by atoms with Gasteiger partial charge in [-0.1, -0.05) is 18.2 Å². The fourth-order valence-corrected chi connectivity index (χ4v) is 0.977. The molecule has 1 N–H and O–H groups in total. The number of nitrogens with zero attached hydrogens (tertiary/aromatic N) is 1. The molecule has 0 saturated heterocycles. The van der Waals surface area contributed by atoms with Gasteiger partial charge in [-0.2, -0.15) is 0 Å². The van der Waals surface area contributed by atoms with Crippen LogP contribution >= 0.6 is 0 Å². The van der Waals surface area contributed by atoms with E-state index in [9.17, 15) is 4.79 Å². The van der Waals surface area contributed by atoms with Crippen molar-refractivity contribution in [3.8, 4) is 0 Å². The van der Waals surface area contributed by atoms with Gasteiger partial charge in [0.2, 0.25) is 0 Å². The fourth-order valence-electron chi connectivity index (χ4n) is 0.977. The number of rotatable bonds is 3. The molecule has 1 aromatic carbocycles. The molecule has 0 atom stereocenters. The maximum atomic E-state index is 10.3. The van der Waals surface area contributed by atoms with Crippen molar-refractivity contribution in [3.05, 3.63) is 30.3 Å². The molecule has 0 amide bonds. The van der Waals surface area contributed by atoms with Crippen LogP contribution in [0.2, 0.25) is 0 Å². The van der Waals surface area contributed by atoms with Crippen LogP contribution in [0.5, 0.6) is 0 Å². The molecule has 4 heteroatoms. The fraction of sp³-hybridized carbons (Fsp3) is 0.222. The molecular weight excluding hydrogens is 177 g/mol. The van der Waals surface area contributed by atoms with E-state index in [1.54, 1.807) is 11.9 Å². The topological polar surface area (TPSA) is 40.5 Å². The summed E-state index contributed by atoms with van der Waals surface area (Å²) in [6.45, 7) is 0.0318. The molecule has 0 aliphatic carbocycles. The summed E-state index contributed by atoms with van der Waals surface area (Å²) in [7, 11) is 1.75. The second-order valence-corrected chi connectivity index (χ2v) is 2.59. The number of carboxylic acid groups (broad SMARTS) is 1. The Hall–Kier alpha value is -0.510. The maximum absolute atomic E-state index is 10.3. The van der Waals surface area contributed by atoms with Gasteiger partial charge in [-0.25, -0.2) is 0 Å². The summed E-state index contributed by atoms with van der Waals surface area (Å²) < 4.78 is 0. The summed E-state index contributed by atoms with van der Waals surface area (Å²) in [6, 6.07) is 9.42. The minimum absolute atomic E-state index is 0. The molecule has 0 aromatic heterocycles. The van der Waals surface area contributed by atoms with E-state index >= 15 is 0 Å². The van der Waals surface area contributed by atoms with Crippen LogP contribution in [0.4, 0.5) is 5.69 Å². The van der Waals surface area contributed by atoms with Crippen LogP contribution in [0.25, 0.3) is 0 Å². The molecule has 0 heterocycles. The Bertz CT molecular complexity index is 264. The van der Waals surface area contributed by atoms with E-state index in [-0.39, 0.29) is 36.1 Å². The Morgan fingerprint density at radius 3 is 2.38 bits per heavy atom. The van der Waals surface area contributed by atoms with Crippen LogP contribution in [0, 0.1) is 0 Å². The number of benzene rings is 1. The quantitative estimate of drug-likeness (QED) is 0.706. The first-order valence-corrected chi connectivity index (χ1v) is 3.68. The molecule has 0 aliphatic rings. The van der Waals surface area contributed by atoms with E-state index in [1.807, 2.05) is 30.3 Å². The molecule has 0 fully saturated rings. The van der Waals surface area contributed by atoms with Gasteiger partial charge in [0, 0.05) is 12.7 Å². The third-order valence-corrected chi connectivity index (χ3v) is 1.57. The second kappa shape index (κ2) is 6.02. The van der Waals surface area contributed by atoms with E-state index in [0.29, 0.717) is 0 Å². The normalized spacial score (nSPS) is 8.69. The third kappa shape index (κ3) is 4.31. The zero-order valence-electron chi connectivity index (χ0n) is 6.90. The van der Waals surface area contributed by atoms with Gasteiger partial charge in [0.05, 0.1) is 0 Å². The van der Waals surface area contributed by atoms with Crippen molar-refractivity contribution in [3.63, 3.8) is 0 Å². The number of likely N-dealkylation sites (N-methyl/N-ethyl adjacent to an activating group) is 1. The van der Waals surface area contributed by atoms with E-state index in [0.717, 1.165) is 5.69 Å². The van der Waals surface area contributed by atoms with Gasteiger partial charge < -0.3 is 10.0 Å². The summed E-state index contributed by atoms with van der Waals surface area (Å²) in [4.78, 5) is 12.0. The number of carboxylic acids is 1. The standard InChI is InChI=1S/C9H11NO2.Na.H/c1-10(7-9(11)12)8-5-3-2-4-6-8;;/h2-6H,7H2,1H3,(H,11,12);;. The number of aliphatic carboxylic acids is 1. The van der Waals surface area contributed by atoms with Crippen LogP contribution in [0.3, 0.4) is 0 Å². The van der Waals surface area contributed by atoms with Gasteiger partial charge in [-0.05, 0) is 12.1 Å². The second-order valence-electron chi connectivity index (χ2n) is 2.59. The summed E-state index contributed by atoms with van der Waals surface area (Å²) in [5, 5.41) is 8.50. The van der Waals surface area contributed by atoms with Gasteiger partial charge in [0.15, 0.2) is 0 Å². The number of hydrogen-bond acceptors (Lipinski definition) is 2. The molecule has 0 aliphatic heterocycles. The average Bonchev–Trinajstić information content (AvgIpc) is 2.05. The van der Waals surface area contributed by atoms with Crippen molar-refractivity contribution in [2.75, 3.05) is 18.5 Å². The van der Waals surface area contributed by atoms with Gasteiger partial charge >= 0.3 is 35.5 Å². The number of carbonyl (C=O) groups is 1. The van der Waals surface area contributed by atoms with Crippen LogP contribution in [-0.2, 0) is 4.79 Å². The van der Waals surface area contributed by atoms with Crippen LogP contribution in [0.1, 0.15) is 0 Å². The molecule has 66 valence electrons. The summed E-state index contributed by atoms with van der Waals surface area (Å²) in [5.74, 6) is -0.818. The summed E-state index contributed by atoms with van der Waals surface area (Å²) in [5.41, 5.74) is 0.917. The molecule has 0 saturated carbocycles. The van der Waals surface area contributed by atoms with Crippen molar-refractivity contribution in [2.24, 2.45) is 0 Å². The Labute approximate surface area is 99.7 Å². The molecule has 0 spiro atoms. The van der Waals surface area contributed by atoms with E-state index in [4.69, 9.17) is 5.11 Å². The van der Waals surface area contributed by atoms with Gasteiger partial charge in [-0.3, -0.25) is 4.79 Å². The first-order valence-electron chi connectivity index (χ1n) is 3.68. The number of para-hydroxylation sites is 1. The third-order valence-electron chi connectivity index (χ3n) is 1.57. The molecular formula is C9H12NNaO2. The molecule has 1 aromatic rings. The zero-order valence-corrected chi connectivity index (χ0v) is 6.90. The van der Waals surface area contributed by atoms with Crippen molar-refractivity contribution in [1.82, 2.24) is 0 Å². The SMILES string of the molecule is CN(CC(=O)O)c1ccccc1.[NaH].